The third-order valence-electron chi connectivity index (χ3n) is 3.09. The maximum Gasteiger partial charge on any atom is 0.276 e. The third-order valence-corrected chi connectivity index (χ3v) is 3.09. The van der Waals surface area contributed by atoms with Crippen molar-refractivity contribution in [2.24, 2.45) is 0 Å². The van der Waals surface area contributed by atoms with Crippen LogP contribution in [0.15, 0.2) is 36.4 Å². The molecule has 0 bridgehead atoms. The van der Waals surface area contributed by atoms with Gasteiger partial charge in [0.1, 0.15) is 5.82 Å². The van der Waals surface area contributed by atoms with Crippen molar-refractivity contribution in [2.45, 2.75) is 13.3 Å². The van der Waals surface area contributed by atoms with Crippen LogP contribution in [0.2, 0.25) is 0 Å². The second-order valence-corrected chi connectivity index (χ2v) is 5.13. The van der Waals surface area contributed by atoms with E-state index in [1.165, 1.54) is 0 Å². The van der Waals surface area contributed by atoms with Crippen LogP contribution in [0.1, 0.15) is 23.8 Å². The molecule has 0 fully saturated rings. The highest BCUT2D eigenvalue weighted by atomic mass is 16.1. The molecule has 6 heteroatoms. The van der Waals surface area contributed by atoms with Crippen molar-refractivity contribution in [3.05, 3.63) is 42.1 Å². The first-order valence-electron chi connectivity index (χ1n) is 7.26. The number of carbonyl (C=O) groups excluding carboxylic acids is 1. The lowest BCUT2D eigenvalue weighted by Gasteiger charge is -2.13. The normalized spacial score (nSPS) is 10.1. The SMILES string of the molecule is CCCNc1ccc(C(=O)Nc2ccc(N(C)C)cc2)nn1. The molecule has 0 atom stereocenters. The minimum absolute atomic E-state index is 0.271. The number of carbonyl (C=O) groups is 1. The zero-order chi connectivity index (χ0) is 15.9. The molecular weight excluding hydrogens is 278 g/mol. The van der Waals surface area contributed by atoms with Crippen LogP contribution in [0.25, 0.3) is 0 Å². The average molecular weight is 299 g/mol. The van der Waals surface area contributed by atoms with Crippen molar-refractivity contribution >= 4 is 23.1 Å². The second-order valence-electron chi connectivity index (χ2n) is 5.13. The van der Waals surface area contributed by atoms with E-state index in [9.17, 15) is 4.79 Å². The topological polar surface area (TPSA) is 70.2 Å². The summed E-state index contributed by atoms with van der Waals surface area (Å²) in [5.41, 5.74) is 2.09. The van der Waals surface area contributed by atoms with Gasteiger partial charge in [0.15, 0.2) is 5.69 Å². The van der Waals surface area contributed by atoms with E-state index in [4.69, 9.17) is 0 Å². The number of benzene rings is 1. The lowest BCUT2D eigenvalue weighted by Crippen LogP contribution is -2.15. The van der Waals surface area contributed by atoms with Crippen LogP contribution in [0, 0.1) is 0 Å². The maximum atomic E-state index is 12.1. The van der Waals surface area contributed by atoms with Gasteiger partial charge in [0, 0.05) is 32.0 Å². The number of amides is 1. The van der Waals surface area contributed by atoms with Crippen molar-refractivity contribution < 1.29 is 4.79 Å². The Labute approximate surface area is 130 Å². The van der Waals surface area contributed by atoms with E-state index in [1.807, 2.05) is 43.3 Å². The summed E-state index contributed by atoms with van der Waals surface area (Å²) in [5, 5.41) is 13.9. The Kier molecular flexibility index (Phi) is 5.30. The molecule has 0 aliphatic carbocycles. The Morgan fingerprint density at radius 2 is 1.82 bits per heavy atom. The first-order valence-corrected chi connectivity index (χ1v) is 7.26. The van der Waals surface area contributed by atoms with Gasteiger partial charge in [-0.1, -0.05) is 6.92 Å². The fourth-order valence-corrected chi connectivity index (χ4v) is 1.84. The number of nitrogens with one attached hydrogen (secondary N) is 2. The van der Waals surface area contributed by atoms with Crippen molar-refractivity contribution in [1.29, 1.82) is 0 Å². The molecule has 0 saturated carbocycles. The minimum atomic E-state index is -0.271. The molecule has 116 valence electrons. The number of rotatable bonds is 6. The van der Waals surface area contributed by atoms with Gasteiger partial charge in [-0.15, -0.1) is 10.2 Å². The van der Waals surface area contributed by atoms with Crippen molar-refractivity contribution in [1.82, 2.24) is 10.2 Å². The Morgan fingerprint density at radius 3 is 2.36 bits per heavy atom. The molecule has 0 unspecified atom stereocenters. The lowest BCUT2D eigenvalue weighted by atomic mass is 10.2. The lowest BCUT2D eigenvalue weighted by molar-refractivity contribution is 0.102. The first-order chi connectivity index (χ1) is 10.6. The quantitative estimate of drug-likeness (QED) is 0.858. The van der Waals surface area contributed by atoms with Gasteiger partial charge in [0.05, 0.1) is 0 Å². The second kappa shape index (κ2) is 7.40. The summed E-state index contributed by atoms with van der Waals surface area (Å²) < 4.78 is 0. The summed E-state index contributed by atoms with van der Waals surface area (Å²) in [7, 11) is 3.94. The Hall–Kier alpha value is -2.63. The predicted octanol–water partition coefficient (Wildman–Crippen LogP) is 2.62. The standard InChI is InChI=1S/C16H21N5O/c1-4-11-17-15-10-9-14(19-20-15)16(22)18-12-5-7-13(8-6-12)21(2)3/h5-10H,4,11H2,1-3H3,(H,17,20)(H,18,22). The highest BCUT2D eigenvalue weighted by Gasteiger charge is 2.08. The van der Waals surface area contributed by atoms with Gasteiger partial charge in [0.2, 0.25) is 0 Å². The van der Waals surface area contributed by atoms with Crippen LogP contribution in [-0.4, -0.2) is 36.7 Å². The molecule has 1 amide bonds. The molecule has 0 spiro atoms. The van der Waals surface area contributed by atoms with Crippen LogP contribution in [-0.2, 0) is 0 Å². The molecule has 22 heavy (non-hydrogen) atoms. The highest BCUT2D eigenvalue weighted by molar-refractivity contribution is 6.02. The van der Waals surface area contributed by atoms with Crippen LogP contribution >= 0.6 is 0 Å². The summed E-state index contributed by atoms with van der Waals surface area (Å²) in [6, 6.07) is 11.0. The van der Waals surface area contributed by atoms with Crippen LogP contribution in [0.3, 0.4) is 0 Å². The third kappa shape index (κ3) is 4.18. The van der Waals surface area contributed by atoms with Crippen molar-refractivity contribution in [2.75, 3.05) is 36.2 Å². The molecule has 2 rings (SSSR count). The molecule has 0 aliphatic rings. The van der Waals surface area contributed by atoms with Gasteiger partial charge in [-0.2, -0.15) is 0 Å². The molecular formula is C16H21N5O. The zero-order valence-electron chi connectivity index (χ0n) is 13.1. The van der Waals surface area contributed by atoms with Gasteiger partial charge >= 0.3 is 0 Å². The van der Waals surface area contributed by atoms with E-state index in [-0.39, 0.29) is 5.91 Å². The highest BCUT2D eigenvalue weighted by Crippen LogP contribution is 2.16. The average Bonchev–Trinajstić information content (AvgIpc) is 2.54. The number of aromatic nitrogens is 2. The molecule has 0 aliphatic heterocycles. The number of nitrogens with zero attached hydrogens (tertiary/aromatic N) is 3. The molecule has 1 aromatic carbocycles. The van der Waals surface area contributed by atoms with E-state index in [2.05, 4.69) is 27.8 Å². The van der Waals surface area contributed by atoms with E-state index in [1.54, 1.807) is 12.1 Å². The van der Waals surface area contributed by atoms with Gasteiger partial charge in [-0.05, 0) is 42.8 Å². The molecule has 0 saturated heterocycles. The van der Waals surface area contributed by atoms with E-state index >= 15 is 0 Å². The maximum absolute atomic E-state index is 12.1. The summed E-state index contributed by atoms with van der Waals surface area (Å²) in [4.78, 5) is 14.1. The molecule has 6 nitrogen and oxygen atoms in total. The molecule has 1 aromatic heterocycles. The Morgan fingerprint density at radius 1 is 1.09 bits per heavy atom. The number of hydrogen-bond donors (Lipinski definition) is 2. The van der Waals surface area contributed by atoms with Crippen molar-refractivity contribution in [3.8, 4) is 0 Å². The molecule has 2 aromatic rings. The summed E-state index contributed by atoms with van der Waals surface area (Å²) in [6.45, 7) is 2.91. The van der Waals surface area contributed by atoms with Crippen molar-refractivity contribution in [3.63, 3.8) is 0 Å². The fraction of sp³-hybridized carbons (Fsp3) is 0.312. The number of anilines is 3. The molecule has 2 N–H and O–H groups in total. The summed E-state index contributed by atoms with van der Waals surface area (Å²) >= 11 is 0. The van der Waals surface area contributed by atoms with Gasteiger partial charge in [-0.3, -0.25) is 4.79 Å². The smallest absolute Gasteiger partial charge is 0.276 e. The molecule has 0 radical (unpaired) electrons. The predicted molar refractivity (Wildman–Crippen MR) is 89.5 cm³/mol. The van der Waals surface area contributed by atoms with E-state index in [0.717, 1.165) is 24.3 Å². The van der Waals surface area contributed by atoms with Gasteiger partial charge < -0.3 is 15.5 Å². The first kappa shape index (κ1) is 15.8. The van der Waals surface area contributed by atoms with Gasteiger partial charge in [0.25, 0.3) is 5.91 Å². The molecule has 1 heterocycles. The Balaban J connectivity index is 1.99. The fourth-order valence-electron chi connectivity index (χ4n) is 1.84. The monoisotopic (exact) mass is 299 g/mol. The summed E-state index contributed by atoms with van der Waals surface area (Å²) in [6.07, 6.45) is 1.01. The minimum Gasteiger partial charge on any atom is -0.378 e. The zero-order valence-corrected chi connectivity index (χ0v) is 13.1. The van der Waals surface area contributed by atoms with Crippen LogP contribution < -0.4 is 15.5 Å². The van der Waals surface area contributed by atoms with E-state index in [0.29, 0.717) is 11.5 Å². The number of hydrogen-bond acceptors (Lipinski definition) is 5. The van der Waals surface area contributed by atoms with Crippen LogP contribution in [0.5, 0.6) is 0 Å². The summed E-state index contributed by atoms with van der Waals surface area (Å²) in [5.74, 6) is 0.404. The largest absolute Gasteiger partial charge is 0.378 e. The van der Waals surface area contributed by atoms with Gasteiger partial charge in [-0.25, -0.2) is 0 Å². The Bertz CT molecular complexity index is 607. The van der Waals surface area contributed by atoms with Crippen LogP contribution in [0.4, 0.5) is 17.2 Å². The van der Waals surface area contributed by atoms with E-state index < -0.39 is 0 Å².